The first kappa shape index (κ1) is 14.4. The molecule has 1 aliphatic heterocycles. The maximum absolute atomic E-state index is 12.5. The number of allylic oxidation sites excluding steroid dienone is 2. The number of aromatic amines is 1. The smallest absolute Gasteiger partial charge is 0.226 e. The number of rotatable bonds is 3. The maximum atomic E-state index is 12.5. The molecule has 1 amide bonds. The van der Waals surface area contributed by atoms with Gasteiger partial charge in [0.2, 0.25) is 5.91 Å². The molecular weight excluding hydrogens is 262 g/mol. The average molecular weight is 287 g/mol. The van der Waals surface area contributed by atoms with E-state index in [4.69, 9.17) is 0 Å². The van der Waals surface area contributed by atoms with Gasteiger partial charge in [-0.2, -0.15) is 5.10 Å². The highest BCUT2D eigenvalue weighted by atomic mass is 16.2. The number of likely N-dealkylation sites (tertiary alicyclic amines) is 1. The molecule has 114 valence electrons. The van der Waals surface area contributed by atoms with Gasteiger partial charge in [-0.3, -0.25) is 9.89 Å². The molecule has 1 fully saturated rings. The van der Waals surface area contributed by atoms with E-state index in [0.29, 0.717) is 11.8 Å². The highest BCUT2D eigenvalue weighted by Crippen LogP contribution is 2.30. The lowest BCUT2D eigenvalue weighted by Gasteiger charge is -2.34. The van der Waals surface area contributed by atoms with Crippen LogP contribution in [-0.2, 0) is 11.2 Å². The second-order valence-electron chi connectivity index (χ2n) is 6.24. The molecule has 3 rings (SSSR count). The van der Waals surface area contributed by atoms with Gasteiger partial charge in [0.25, 0.3) is 0 Å². The van der Waals surface area contributed by atoms with Crippen molar-refractivity contribution >= 4 is 5.91 Å². The molecule has 4 heteroatoms. The monoisotopic (exact) mass is 287 g/mol. The number of nitrogens with one attached hydrogen (secondary N) is 1. The van der Waals surface area contributed by atoms with Gasteiger partial charge in [0, 0.05) is 30.6 Å². The van der Waals surface area contributed by atoms with Gasteiger partial charge in [0.05, 0.1) is 6.20 Å². The van der Waals surface area contributed by atoms with Crippen LogP contribution in [0.2, 0.25) is 0 Å². The summed E-state index contributed by atoms with van der Waals surface area (Å²) >= 11 is 0. The summed E-state index contributed by atoms with van der Waals surface area (Å²) < 4.78 is 0. The predicted molar refractivity (Wildman–Crippen MR) is 83.0 cm³/mol. The molecule has 0 aromatic carbocycles. The van der Waals surface area contributed by atoms with Crippen molar-refractivity contribution in [2.45, 2.75) is 51.4 Å². The third-order valence-electron chi connectivity index (χ3n) is 4.97. The molecule has 1 aromatic rings. The summed E-state index contributed by atoms with van der Waals surface area (Å²) in [5, 5.41) is 7.35. The standard InChI is InChI=1S/C17H25N3O/c1-2-13-12-18-19-16(13)14-8-10-20(11-9-14)17(21)15-6-4-3-5-7-15/h3-4,12,14-15H,2,5-11H2,1H3,(H,18,19). The van der Waals surface area contributed by atoms with Crippen LogP contribution in [-0.4, -0.2) is 34.1 Å². The van der Waals surface area contributed by atoms with Gasteiger partial charge < -0.3 is 4.90 Å². The average Bonchev–Trinajstić information content (AvgIpc) is 3.04. The molecule has 1 unspecified atom stereocenters. The number of carbonyl (C=O) groups excluding carboxylic acids is 1. The number of nitrogens with zero attached hydrogens (tertiary/aromatic N) is 2. The SMILES string of the molecule is CCc1cn[nH]c1C1CCN(C(=O)C2CC=CCC2)CC1. The zero-order valence-electron chi connectivity index (χ0n) is 12.8. The lowest BCUT2D eigenvalue weighted by atomic mass is 9.88. The summed E-state index contributed by atoms with van der Waals surface area (Å²) in [6.07, 6.45) is 12.5. The molecule has 2 aliphatic rings. The van der Waals surface area contributed by atoms with Gasteiger partial charge >= 0.3 is 0 Å². The Hall–Kier alpha value is -1.58. The van der Waals surface area contributed by atoms with E-state index in [2.05, 4.69) is 34.2 Å². The number of aryl methyl sites for hydroxylation is 1. The minimum Gasteiger partial charge on any atom is -0.342 e. The Balaban J connectivity index is 1.57. The molecular formula is C17H25N3O. The predicted octanol–water partition coefficient (Wildman–Crippen LogP) is 3.03. The zero-order chi connectivity index (χ0) is 14.7. The van der Waals surface area contributed by atoms with Crippen LogP contribution in [0, 0.1) is 5.92 Å². The van der Waals surface area contributed by atoms with Gasteiger partial charge in [-0.05, 0) is 44.1 Å². The molecule has 4 nitrogen and oxygen atoms in total. The quantitative estimate of drug-likeness (QED) is 0.869. The van der Waals surface area contributed by atoms with Crippen molar-refractivity contribution in [3.63, 3.8) is 0 Å². The first-order valence-corrected chi connectivity index (χ1v) is 8.25. The Morgan fingerprint density at radius 2 is 2.14 bits per heavy atom. The Morgan fingerprint density at radius 3 is 2.81 bits per heavy atom. The van der Waals surface area contributed by atoms with Crippen molar-refractivity contribution < 1.29 is 4.79 Å². The van der Waals surface area contributed by atoms with Crippen LogP contribution >= 0.6 is 0 Å². The number of hydrogen-bond acceptors (Lipinski definition) is 2. The van der Waals surface area contributed by atoms with Crippen LogP contribution in [0.3, 0.4) is 0 Å². The summed E-state index contributed by atoms with van der Waals surface area (Å²) in [6.45, 7) is 3.96. The Labute approximate surface area is 126 Å². The summed E-state index contributed by atoms with van der Waals surface area (Å²) in [5.41, 5.74) is 2.63. The van der Waals surface area contributed by atoms with E-state index < -0.39 is 0 Å². The number of carbonyl (C=O) groups is 1. The van der Waals surface area contributed by atoms with Gasteiger partial charge in [-0.15, -0.1) is 0 Å². The molecule has 1 aromatic heterocycles. The first-order chi connectivity index (χ1) is 10.3. The molecule has 1 aliphatic carbocycles. The Morgan fingerprint density at radius 1 is 1.33 bits per heavy atom. The van der Waals surface area contributed by atoms with E-state index in [1.807, 2.05) is 6.20 Å². The molecule has 0 bridgehead atoms. The molecule has 0 radical (unpaired) electrons. The van der Waals surface area contributed by atoms with Crippen LogP contribution in [0.15, 0.2) is 18.3 Å². The van der Waals surface area contributed by atoms with Gasteiger partial charge in [-0.1, -0.05) is 19.1 Å². The van der Waals surface area contributed by atoms with Gasteiger partial charge in [0.1, 0.15) is 0 Å². The van der Waals surface area contributed by atoms with E-state index in [1.165, 1.54) is 11.3 Å². The summed E-state index contributed by atoms with van der Waals surface area (Å²) in [7, 11) is 0. The lowest BCUT2D eigenvalue weighted by molar-refractivity contribution is -0.136. The van der Waals surface area contributed by atoms with Gasteiger partial charge in [-0.25, -0.2) is 0 Å². The van der Waals surface area contributed by atoms with E-state index in [-0.39, 0.29) is 5.92 Å². The van der Waals surface area contributed by atoms with Crippen molar-refractivity contribution in [2.24, 2.45) is 5.92 Å². The van der Waals surface area contributed by atoms with Crippen LogP contribution < -0.4 is 0 Å². The molecule has 2 heterocycles. The van der Waals surface area contributed by atoms with Gasteiger partial charge in [0.15, 0.2) is 0 Å². The second-order valence-corrected chi connectivity index (χ2v) is 6.24. The highest BCUT2D eigenvalue weighted by molar-refractivity contribution is 5.79. The summed E-state index contributed by atoms with van der Waals surface area (Å²) in [6, 6.07) is 0. The largest absolute Gasteiger partial charge is 0.342 e. The second kappa shape index (κ2) is 6.46. The third kappa shape index (κ3) is 3.04. The number of piperidine rings is 1. The van der Waals surface area contributed by atoms with E-state index in [9.17, 15) is 4.79 Å². The third-order valence-corrected chi connectivity index (χ3v) is 4.97. The number of aromatic nitrogens is 2. The number of hydrogen-bond donors (Lipinski definition) is 1. The fourth-order valence-electron chi connectivity index (χ4n) is 3.62. The maximum Gasteiger partial charge on any atom is 0.226 e. The molecule has 0 saturated carbocycles. The number of amides is 1. The van der Waals surface area contributed by atoms with Crippen molar-refractivity contribution in [3.05, 3.63) is 29.6 Å². The summed E-state index contributed by atoms with van der Waals surface area (Å²) in [4.78, 5) is 14.6. The summed E-state index contributed by atoms with van der Waals surface area (Å²) in [5.74, 6) is 1.14. The number of H-pyrrole nitrogens is 1. The minimum absolute atomic E-state index is 0.227. The minimum atomic E-state index is 0.227. The molecule has 1 atom stereocenters. The van der Waals surface area contributed by atoms with Crippen LogP contribution in [0.1, 0.15) is 56.2 Å². The van der Waals surface area contributed by atoms with Crippen LogP contribution in [0.5, 0.6) is 0 Å². The van der Waals surface area contributed by atoms with E-state index in [0.717, 1.165) is 51.6 Å². The van der Waals surface area contributed by atoms with Crippen molar-refractivity contribution in [3.8, 4) is 0 Å². The molecule has 1 N–H and O–H groups in total. The highest BCUT2D eigenvalue weighted by Gasteiger charge is 2.29. The molecule has 0 spiro atoms. The zero-order valence-corrected chi connectivity index (χ0v) is 12.8. The van der Waals surface area contributed by atoms with E-state index in [1.54, 1.807) is 0 Å². The first-order valence-electron chi connectivity index (χ1n) is 8.25. The fourth-order valence-corrected chi connectivity index (χ4v) is 3.62. The van der Waals surface area contributed by atoms with E-state index >= 15 is 0 Å². The van der Waals surface area contributed by atoms with Crippen molar-refractivity contribution in [1.29, 1.82) is 0 Å². The molecule has 1 saturated heterocycles. The topological polar surface area (TPSA) is 49.0 Å². The molecule has 21 heavy (non-hydrogen) atoms. The Kier molecular flexibility index (Phi) is 4.42. The lowest BCUT2D eigenvalue weighted by Crippen LogP contribution is -2.41. The van der Waals surface area contributed by atoms with Crippen molar-refractivity contribution in [2.75, 3.05) is 13.1 Å². The van der Waals surface area contributed by atoms with Crippen molar-refractivity contribution in [1.82, 2.24) is 15.1 Å². The fraction of sp³-hybridized carbons (Fsp3) is 0.647. The Bertz CT molecular complexity index is 512. The van der Waals surface area contributed by atoms with Crippen LogP contribution in [0.4, 0.5) is 0 Å². The van der Waals surface area contributed by atoms with Crippen LogP contribution in [0.25, 0.3) is 0 Å². The normalized spacial score (nSPS) is 23.5.